The van der Waals surface area contributed by atoms with Crippen LogP contribution in [0.4, 0.5) is 4.39 Å². The lowest BCUT2D eigenvalue weighted by molar-refractivity contribution is 0.318. The molecule has 2 aromatic rings. The van der Waals surface area contributed by atoms with Crippen molar-refractivity contribution in [1.82, 2.24) is 0 Å². The van der Waals surface area contributed by atoms with E-state index in [1.807, 2.05) is 19.1 Å². The van der Waals surface area contributed by atoms with E-state index < -0.39 is 0 Å². The summed E-state index contributed by atoms with van der Waals surface area (Å²) in [5, 5.41) is 11.6. The van der Waals surface area contributed by atoms with Crippen LogP contribution in [0.5, 0.6) is 0 Å². The van der Waals surface area contributed by atoms with Crippen molar-refractivity contribution in [2.75, 3.05) is 0 Å². The molecule has 0 aliphatic carbocycles. The third-order valence-corrected chi connectivity index (χ3v) is 3.81. The van der Waals surface area contributed by atoms with E-state index >= 15 is 0 Å². The lowest BCUT2D eigenvalue weighted by atomic mass is 10.1. The van der Waals surface area contributed by atoms with Crippen molar-refractivity contribution in [3.05, 3.63) is 59.4 Å². The number of hydrogen-bond donors (Lipinski definition) is 2. The molecule has 0 unspecified atom stereocenters. The van der Waals surface area contributed by atoms with E-state index in [1.165, 1.54) is 12.1 Å². The van der Waals surface area contributed by atoms with E-state index in [-0.39, 0.29) is 11.7 Å². The summed E-state index contributed by atoms with van der Waals surface area (Å²) in [6, 6.07) is 11.9. The van der Waals surface area contributed by atoms with E-state index in [2.05, 4.69) is 5.16 Å². The first kappa shape index (κ1) is 13.4. The van der Waals surface area contributed by atoms with Crippen molar-refractivity contribution in [2.24, 2.45) is 10.9 Å². The zero-order valence-corrected chi connectivity index (χ0v) is 11.1. The number of aryl methyl sites for hydroxylation is 1. The zero-order valence-electron chi connectivity index (χ0n) is 10.3. The Morgan fingerprint density at radius 3 is 2.47 bits per heavy atom. The first-order chi connectivity index (χ1) is 9.10. The Kier molecular flexibility index (Phi) is 4.06. The van der Waals surface area contributed by atoms with Crippen LogP contribution >= 0.6 is 11.8 Å². The number of benzene rings is 2. The summed E-state index contributed by atoms with van der Waals surface area (Å²) in [4.78, 5) is 2.00. The van der Waals surface area contributed by atoms with Gasteiger partial charge in [0.25, 0.3) is 0 Å². The maximum absolute atomic E-state index is 12.8. The van der Waals surface area contributed by atoms with Crippen molar-refractivity contribution in [2.45, 2.75) is 16.7 Å². The molecule has 0 saturated carbocycles. The number of amidine groups is 1. The highest BCUT2D eigenvalue weighted by atomic mass is 32.2. The van der Waals surface area contributed by atoms with E-state index in [4.69, 9.17) is 10.9 Å². The highest BCUT2D eigenvalue weighted by Gasteiger charge is 2.05. The second kappa shape index (κ2) is 5.75. The molecule has 0 bridgehead atoms. The van der Waals surface area contributed by atoms with Crippen LogP contribution in [-0.4, -0.2) is 11.0 Å². The topological polar surface area (TPSA) is 58.6 Å². The number of hydrogen-bond acceptors (Lipinski definition) is 3. The number of nitrogens with two attached hydrogens (primary N) is 1. The van der Waals surface area contributed by atoms with Gasteiger partial charge in [-0.05, 0) is 48.9 Å². The average Bonchev–Trinajstić information content (AvgIpc) is 2.42. The van der Waals surface area contributed by atoms with Gasteiger partial charge in [0.1, 0.15) is 5.82 Å². The molecule has 3 N–H and O–H groups in total. The second-order valence-electron chi connectivity index (χ2n) is 4.02. The molecule has 2 aromatic carbocycles. The van der Waals surface area contributed by atoms with Gasteiger partial charge in [0.05, 0.1) is 0 Å². The van der Waals surface area contributed by atoms with Crippen LogP contribution in [0.1, 0.15) is 11.1 Å². The predicted molar refractivity (Wildman–Crippen MR) is 74.2 cm³/mol. The first-order valence-electron chi connectivity index (χ1n) is 5.62. The molecule has 0 spiro atoms. The molecular formula is C14H13FN2OS. The Hall–Kier alpha value is -2.01. The SMILES string of the molecule is Cc1cc(/C(N)=N/O)ccc1Sc1ccc(F)cc1. The average molecular weight is 276 g/mol. The molecule has 0 aliphatic rings. The van der Waals surface area contributed by atoms with Crippen LogP contribution in [-0.2, 0) is 0 Å². The standard InChI is InChI=1S/C14H13FN2OS/c1-9-8-10(14(16)17-18)2-7-13(9)19-12-5-3-11(15)4-6-12/h2-8,18H,1H3,(H2,16,17). The van der Waals surface area contributed by atoms with Crippen LogP contribution in [0.15, 0.2) is 57.4 Å². The summed E-state index contributed by atoms with van der Waals surface area (Å²) in [5.74, 6) is -0.162. The normalized spacial score (nSPS) is 11.6. The minimum Gasteiger partial charge on any atom is -0.409 e. The molecule has 0 saturated heterocycles. The summed E-state index contributed by atoms with van der Waals surface area (Å²) < 4.78 is 12.8. The minimum atomic E-state index is -0.247. The van der Waals surface area contributed by atoms with Crippen molar-refractivity contribution in [3.63, 3.8) is 0 Å². The van der Waals surface area contributed by atoms with Gasteiger partial charge in [0, 0.05) is 15.4 Å². The molecule has 0 atom stereocenters. The lowest BCUT2D eigenvalue weighted by Crippen LogP contribution is -2.13. The lowest BCUT2D eigenvalue weighted by Gasteiger charge is -2.07. The second-order valence-corrected chi connectivity index (χ2v) is 5.14. The molecule has 0 heterocycles. The molecule has 19 heavy (non-hydrogen) atoms. The number of halogens is 1. The quantitative estimate of drug-likeness (QED) is 0.391. The molecule has 2 rings (SSSR count). The third kappa shape index (κ3) is 3.26. The molecule has 0 amide bonds. The Morgan fingerprint density at radius 1 is 1.21 bits per heavy atom. The Balaban J connectivity index is 2.24. The van der Waals surface area contributed by atoms with E-state index in [0.717, 1.165) is 15.4 Å². The van der Waals surface area contributed by atoms with Gasteiger partial charge in [-0.25, -0.2) is 4.39 Å². The van der Waals surface area contributed by atoms with Gasteiger partial charge in [-0.3, -0.25) is 0 Å². The maximum Gasteiger partial charge on any atom is 0.170 e. The summed E-state index contributed by atoms with van der Waals surface area (Å²) in [5.41, 5.74) is 7.22. The highest BCUT2D eigenvalue weighted by Crippen LogP contribution is 2.30. The van der Waals surface area contributed by atoms with Gasteiger partial charge in [0.2, 0.25) is 0 Å². The maximum atomic E-state index is 12.8. The molecule has 0 fully saturated rings. The molecule has 0 aromatic heterocycles. The van der Waals surface area contributed by atoms with Gasteiger partial charge >= 0.3 is 0 Å². The summed E-state index contributed by atoms with van der Waals surface area (Å²) in [6.07, 6.45) is 0. The molecule has 0 radical (unpaired) electrons. The van der Waals surface area contributed by atoms with E-state index in [1.54, 1.807) is 30.0 Å². The fraction of sp³-hybridized carbons (Fsp3) is 0.0714. The van der Waals surface area contributed by atoms with Crippen molar-refractivity contribution < 1.29 is 9.60 Å². The van der Waals surface area contributed by atoms with Gasteiger partial charge in [-0.2, -0.15) is 0 Å². The van der Waals surface area contributed by atoms with Crippen molar-refractivity contribution in [1.29, 1.82) is 0 Å². The van der Waals surface area contributed by atoms with Gasteiger partial charge in [-0.1, -0.05) is 23.0 Å². The van der Waals surface area contributed by atoms with Gasteiger partial charge in [0.15, 0.2) is 5.84 Å². The van der Waals surface area contributed by atoms with Crippen LogP contribution in [0.3, 0.4) is 0 Å². The van der Waals surface area contributed by atoms with Crippen molar-refractivity contribution in [3.8, 4) is 0 Å². The number of nitrogens with zero attached hydrogens (tertiary/aromatic N) is 1. The molecule has 0 aliphatic heterocycles. The monoisotopic (exact) mass is 276 g/mol. The Bertz CT molecular complexity index is 611. The van der Waals surface area contributed by atoms with Crippen LogP contribution in [0.2, 0.25) is 0 Å². The fourth-order valence-corrected chi connectivity index (χ4v) is 2.49. The van der Waals surface area contributed by atoms with E-state index in [0.29, 0.717) is 5.56 Å². The Labute approximate surface area is 114 Å². The van der Waals surface area contributed by atoms with Gasteiger partial charge in [-0.15, -0.1) is 0 Å². The summed E-state index contributed by atoms with van der Waals surface area (Å²) >= 11 is 1.54. The van der Waals surface area contributed by atoms with Crippen LogP contribution < -0.4 is 5.73 Å². The Morgan fingerprint density at radius 2 is 1.89 bits per heavy atom. The number of oxime groups is 1. The van der Waals surface area contributed by atoms with Gasteiger partial charge < -0.3 is 10.9 Å². The zero-order chi connectivity index (χ0) is 13.8. The molecule has 3 nitrogen and oxygen atoms in total. The van der Waals surface area contributed by atoms with E-state index in [9.17, 15) is 4.39 Å². The van der Waals surface area contributed by atoms with Crippen LogP contribution in [0.25, 0.3) is 0 Å². The fourth-order valence-electron chi connectivity index (χ4n) is 1.61. The number of rotatable bonds is 3. The minimum absolute atomic E-state index is 0.0847. The van der Waals surface area contributed by atoms with Crippen LogP contribution in [0, 0.1) is 12.7 Å². The molecular weight excluding hydrogens is 263 g/mol. The smallest absolute Gasteiger partial charge is 0.170 e. The summed E-state index contributed by atoms with van der Waals surface area (Å²) in [6.45, 7) is 1.94. The third-order valence-electron chi connectivity index (χ3n) is 2.62. The first-order valence-corrected chi connectivity index (χ1v) is 6.44. The largest absolute Gasteiger partial charge is 0.409 e. The van der Waals surface area contributed by atoms with Crippen molar-refractivity contribution >= 4 is 17.6 Å². The molecule has 98 valence electrons. The highest BCUT2D eigenvalue weighted by molar-refractivity contribution is 7.99. The summed E-state index contributed by atoms with van der Waals surface area (Å²) in [7, 11) is 0. The molecule has 5 heteroatoms. The predicted octanol–water partition coefficient (Wildman–Crippen LogP) is 3.38.